The number of halogens is 2. The summed E-state index contributed by atoms with van der Waals surface area (Å²) in [5.41, 5.74) is 0.989. The highest BCUT2D eigenvalue weighted by Crippen LogP contribution is 2.16. The highest BCUT2D eigenvalue weighted by atomic mass is 32.2. The molecule has 0 spiro atoms. The van der Waals surface area contributed by atoms with E-state index in [0.29, 0.717) is 6.54 Å². The Kier molecular flexibility index (Phi) is 5.85. The molecule has 5 nitrogen and oxygen atoms in total. The third-order valence-corrected chi connectivity index (χ3v) is 5.89. The average Bonchev–Trinajstić information content (AvgIpc) is 2.63. The number of anilines is 1. The van der Waals surface area contributed by atoms with Crippen LogP contribution in [0.25, 0.3) is 0 Å². The normalized spacial score (nSPS) is 16.0. The third-order valence-electron chi connectivity index (χ3n) is 4.41. The molecule has 0 amide bonds. The Bertz CT molecular complexity index is 819. The fraction of sp³-hybridized carbons (Fsp3) is 0.333. The van der Waals surface area contributed by atoms with Gasteiger partial charge in [0, 0.05) is 45.0 Å². The van der Waals surface area contributed by atoms with Gasteiger partial charge in [-0.2, -0.15) is 0 Å². The summed E-state index contributed by atoms with van der Waals surface area (Å²) < 4.78 is 52.8. The number of nitrogens with zero attached hydrogens (tertiary/aromatic N) is 2. The van der Waals surface area contributed by atoms with Crippen molar-refractivity contribution in [3.63, 3.8) is 0 Å². The number of rotatable bonds is 6. The van der Waals surface area contributed by atoms with Crippen LogP contribution in [0.5, 0.6) is 0 Å². The van der Waals surface area contributed by atoms with Gasteiger partial charge in [-0.1, -0.05) is 0 Å². The van der Waals surface area contributed by atoms with Crippen molar-refractivity contribution in [1.29, 1.82) is 0 Å². The van der Waals surface area contributed by atoms with Crippen LogP contribution >= 0.6 is 0 Å². The van der Waals surface area contributed by atoms with Gasteiger partial charge in [0.05, 0.1) is 4.90 Å². The fourth-order valence-electron chi connectivity index (χ4n) is 2.92. The molecule has 1 saturated heterocycles. The Morgan fingerprint density at radius 3 is 1.96 bits per heavy atom. The van der Waals surface area contributed by atoms with Gasteiger partial charge >= 0.3 is 0 Å². The van der Waals surface area contributed by atoms with Crippen LogP contribution in [0.2, 0.25) is 0 Å². The van der Waals surface area contributed by atoms with Crippen LogP contribution in [-0.4, -0.2) is 52.6 Å². The second-order valence-corrected chi connectivity index (χ2v) is 7.92. The molecule has 0 atom stereocenters. The van der Waals surface area contributed by atoms with Gasteiger partial charge in [0.15, 0.2) is 0 Å². The third kappa shape index (κ3) is 4.78. The zero-order chi connectivity index (χ0) is 18.6. The quantitative estimate of drug-likeness (QED) is 0.832. The van der Waals surface area contributed by atoms with Crippen LogP contribution in [0.15, 0.2) is 53.4 Å². The SMILES string of the molecule is O=S(=O)(NCCN1CCN(c2ccc(F)cc2)CC1)c1ccc(F)cc1. The first-order chi connectivity index (χ1) is 12.4. The van der Waals surface area contributed by atoms with E-state index >= 15 is 0 Å². The second-order valence-electron chi connectivity index (χ2n) is 6.16. The molecule has 1 fully saturated rings. The maximum atomic E-state index is 13.0. The first-order valence-electron chi connectivity index (χ1n) is 8.42. The van der Waals surface area contributed by atoms with E-state index in [1.165, 1.54) is 24.3 Å². The molecule has 140 valence electrons. The molecule has 26 heavy (non-hydrogen) atoms. The Morgan fingerprint density at radius 2 is 1.38 bits per heavy atom. The molecule has 0 bridgehead atoms. The lowest BCUT2D eigenvalue weighted by atomic mass is 10.2. The molecule has 8 heteroatoms. The maximum Gasteiger partial charge on any atom is 0.240 e. The summed E-state index contributed by atoms with van der Waals surface area (Å²) in [6.45, 7) is 4.09. The fourth-order valence-corrected chi connectivity index (χ4v) is 3.94. The van der Waals surface area contributed by atoms with Crippen LogP contribution < -0.4 is 9.62 Å². The van der Waals surface area contributed by atoms with Crippen molar-refractivity contribution in [2.24, 2.45) is 0 Å². The van der Waals surface area contributed by atoms with Gasteiger partial charge in [-0.05, 0) is 48.5 Å². The molecule has 1 heterocycles. The largest absolute Gasteiger partial charge is 0.369 e. The lowest BCUT2D eigenvalue weighted by molar-refractivity contribution is 0.262. The Hall–Kier alpha value is -2.03. The van der Waals surface area contributed by atoms with Crippen LogP contribution in [0.3, 0.4) is 0 Å². The minimum atomic E-state index is -3.62. The highest BCUT2D eigenvalue weighted by Gasteiger charge is 2.18. The van der Waals surface area contributed by atoms with E-state index in [1.54, 1.807) is 12.1 Å². The first-order valence-corrected chi connectivity index (χ1v) is 9.90. The number of benzene rings is 2. The molecule has 0 unspecified atom stereocenters. The first kappa shape index (κ1) is 18.8. The van der Waals surface area contributed by atoms with Crippen molar-refractivity contribution in [2.75, 3.05) is 44.2 Å². The summed E-state index contributed by atoms with van der Waals surface area (Å²) in [4.78, 5) is 4.41. The minimum Gasteiger partial charge on any atom is -0.369 e. The molecule has 1 aliphatic heterocycles. The number of hydrogen-bond donors (Lipinski definition) is 1. The van der Waals surface area contributed by atoms with Gasteiger partial charge in [0.1, 0.15) is 11.6 Å². The number of hydrogen-bond acceptors (Lipinski definition) is 4. The van der Waals surface area contributed by atoms with Gasteiger partial charge in [0.25, 0.3) is 0 Å². The molecule has 0 radical (unpaired) electrons. The van der Waals surface area contributed by atoms with Gasteiger partial charge in [0.2, 0.25) is 10.0 Å². The minimum absolute atomic E-state index is 0.0556. The molecule has 1 aliphatic rings. The summed E-state index contributed by atoms with van der Waals surface area (Å²) in [5, 5.41) is 0. The van der Waals surface area contributed by atoms with Crippen molar-refractivity contribution in [2.45, 2.75) is 4.90 Å². The van der Waals surface area contributed by atoms with Crippen molar-refractivity contribution >= 4 is 15.7 Å². The molecule has 0 aliphatic carbocycles. The second kappa shape index (κ2) is 8.11. The maximum absolute atomic E-state index is 13.0. The summed E-state index contributed by atoms with van der Waals surface area (Å²) in [6.07, 6.45) is 0. The molecule has 3 rings (SSSR count). The predicted octanol–water partition coefficient (Wildman–Crippen LogP) is 2.07. The summed E-state index contributed by atoms with van der Waals surface area (Å²) >= 11 is 0. The number of sulfonamides is 1. The van der Waals surface area contributed by atoms with Gasteiger partial charge in [-0.3, -0.25) is 4.90 Å². The van der Waals surface area contributed by atoms with Gasteiger partial charge < -0.3 is 4.90 Å². The molecular formula is C18H21F2N3O2S. The van der Waals surface area contributed by atoms with E-state index in [4.69, 9.17) is 0 Å². The molecular weight excluding hydrogens is 360 g/mol. The van der Waals surface area contributed by atoms with Crippen molar-refractivity contribution in [3.8, 4) is 0 Å². The number of nitrogens with one attached hydrogen (secondary N) is 1. The van der Waals surface area contributed by atoms with Crippen LogP contribution in [0.1, 0.15) is 0 Å². The Morgan fingerprint density at radius 1 is 0.846 bits per heavy atom. The average molecular weight is 381 g/mol. The monoisotopic (exact) mass is 381 g/mol. The molecule has 1 N–H and O–H groups in total. The zero-order valence-corrected chi connectivity index (χ0v) is 15.1. The Labute approximate surface area is 152 Å². The molecule has 2 aromatic carbocycles. The Balaban J connectivity index is 1.45. The van der Waals surface area contributed by atoms with Crippen molar-refractivity contribution in [1.82, 2.24) is 9.62 Å². The summed E-state index contributed by atoms with van der Waals surface area (Å²) in [5.74, 6) is -0.719. The lowest BCUT2D eigenvalue weighted by Gasteiger charge is -2.36. The summed E-state index contributed by atoms with van der Waals surface area (Å²) in [6, 6.07) is 11.2. The number of piperazine rings is 1. The standard InChI is InChI=1S/C18H21F2N3O2S/c19-15-1-5-17(6-2-15)23-13-11-22(12-14-23)10-9-21-26(24,25)18-7-3-16(20)4-8-18/h1-8,21H,9-14H2. The van der Waals surface area contributed by atoms with E-state index < -0.39 is 15.8 Å². The van der Waals surface area contributed by atoms with E-state index in [1.807, 2.05) is 0 Å². The van der Waals surface area contributed by atoms with Gasteiger partial charge in [-0.15, -0.1) is 0 Å². The molecule has 2 aromatic rings. The van der Waals surface area contributed by atoms with Crippen LogP contribution in [-0.2, 0) is 10.0 Å². The lowest BCUT2D eigenvalue weighted by Crippen LogP contribution is -2.48. The van der Waals surface area contributed by atoms with E-state index in [-0.39, 0.29) is 17.3 Å². The topological polar surface area (TPSA) is 52.7 Å². The van der Waals surface area contributed by atoms with E-state index in [0.717, 1.165) is 44.0 Å². The molecule has 0 saturated carbocycles. The summed E-state index contributed by atoms with van der Waals surface area (Å²) in [7, 11) is -3.62. The predicted molar refractivity (Wildman–Crippen MR) is 96.6 cm³/mol. The van der Waals surface area contributed by atoms with Crippen molar-refractivity contribution in [3.05, 3.63) is 60.2 Å². The molecule has 0 aromatic heterocycles. The van der Waals surface area contributed by atoms with Gasteiger partial charge in [-0.25, -0.2) is 21.9 Å². The zero-order valence-electron chi connectivity index (χ0n) is 14.2. The van der Waals surface area contributed by atoms with Crippen LogP contribution in [0, 0.1) is 11.6 Å². The highest BCUT2D eigenvalue weighted by molar-refractivity contribution is 7.89. The van der Waals surface area contributed by atoms with E-state index in [9.17, 15) is 17.2 Å². The van der Waals surface area contributed by atoms with Crippen molar-refractivity contribution < 1.29 is 17.2 Å². The van der Waals surface area contributed by atoms with E-state index in [2.05, 4.69) is 14.5 Å². The van der Waals surface area contributed by atoms with Crippen LogP contribution in [0.4, 0.5) is 14.5 Å². The smallest absolute Gasteiger partial charge is 0.240 e.